The van der Waals surface area contributed by atoms with Crippen molar-refractivity contribution in [3.05, 3.63) is 277 Å². The molecule has 13 aromatic rings. The van der Waals surface area contributed by atoms with Gasteiger partial charge in [0, 0.05) is 38.4 Å². The SMILES string of the molecule is c1ccc(-c2cccc(-c3cc(-c4ccccc4)nc(-n4c5cc(C6(c7ccccc7)c7ccccc7-c7ccccc76)ccc5c5c4ccc4c6ccccc6n(-c6ccccc6)c45)n3)c2)cc1. The predicted molar refractivity (Wildman–Crippen MR) is 284 cm³/mol. The van der Waals surface area contributed by atoms with Crippen molar-refractivity contribution in [3.63, 3.8) is 0 Å². The number of fused-ring (bicyclic) bond motifs is 10. The highest BCUT2D eigenvalue weighted by molar-refractivity contribution is 6.26. The topological polar surface area (TPSA) is 35.6 Å². The molecular weight excluding hydrogens is 837 g/mol. The van der Waals surface area contributed by atoms with Crippen molar-refractivity contribution in [2.75, 3.05) is 0 Å². The Morgan fingerprint density at radius 2 is 0.884 bits per heavy atom. The predicted octanol–water partition coefficient (Wildman–Crippen LogP) is 16.0. The van der Waals surface area contributed by atoms with E-state index in [9.17, 15) is 0 Å². The van der Waals surface area contributed by atoms with Crippen molar-refractivity contribution in [2.45, 2.75) is 5.41 Å². The van der Waals surface area contributed by atoms with Gasteiger partial charge in [0.05, 0.1) is 38.9 Å². The van der Waals surface area contributed by atoms with E-state index >= 15 is 0 Å². The fourth-order valence-corrected chi connectivity index (χ4v) is 11.5. The second-order valence-corrected chi connectivity index (χ2v) is 18.1. The Balaban J connectivity index is 1.13. The van der Waals surface area contributed by atoms with Gasteiger partial charge in [-0.05, 0) is 87.0 Å². The molecule has 322 valence electrons. The van der Waals surface area contributed by atoms with E-state index in [-0.39, 0.29) is 0 Å². The van der Waals surface area contributed by atoms with Gasteiger partial charge < -0.3 is 4.57 Å². The van der Waals surface area contributed by atoms with Crippen LogP contribution in [0.1, 0.15) is 22.3 Å². The fraction of sp³-hybridized carbons (Fsp3) is 0.0154. The Labute approximate surface area is 399 Å². The lowest BCUT2D eigenvalue weighted by Gasteiger charge is -2.34. The van der Waals surface area contributed by atoms with Gasteiger partial charge in [-0.3, -0.25) is 4.57 Å². The van der Waals surface area contributed by atoms with Crippen LogP contribution in [-0.4, -0.2) is 19.1 Å². The van der Waals surface area contributed by atoms with Crippen molar-refractivity contribution in [3.8, 4) is 56.4 Å². The monoisotopic (exact) mass is 878 g/mol. The lowest BCUT2D eigenvalue weighted by molar-refractivity contribution is 0.769. The van der Waals surface area contributed by atoms with Gasteiger partial charge in [-0.1, -0.05) is 212 Å². The van der Waals surface area contributed by atoms with E-state index in [1.165, 1.54) is 44.2 Å². The quantitative estimate of drug-likeness (QED) is 0.160. The second-order valence-electron chi connectivity index (χ2n) is 18.1. The van der Waals surface area contributed by atoms with Gasteiger partial charge in [0.25, 0.3) is 0 Å². The Morgan fingerprint density at radius 1 is 0.319 bits per heavy atom. The third kappa shape index (κ3) is 5.89. The van der Waals surface area contributed by atoms with E-state index in [4.69, 9.17) is 9.97 Å². The van der Waals surface area contributed by atoms with E-state index < -0.39 is 5.41 Å². The van der Waals surface area contributed by atoms with Crippen molar-refractivity contribution in [1.29, 1.82) is 0 Å². The molecule has 0 unspecified atom stereocenters. The molecule has 0 bridgehead atoms. The first-order valence-electron chi connectivity index (χ1n) is 23.7. The van der Waals surface area contributed by atoms with Crippen molar-refractivity contribution in [1.82, 2.24) is 19.1 Å². The van der Waals surface area contributed by atoms with Gasteiger partial charge in [-0.15, -0.1) is 0 Å². The lowest BCUT2D eigenvalue weighted by atomic mass is 9.67. The zero-order valence-corrected chi connectivity index (χ0v) is 37.5. The molecule has 0 saturated heterocycles. The average Bonchev–Trinajstić information content (AvgIpc) is 4.06. The van der Waals surface area contributed by atoms with Crippen LogP contribution in [0.5, 0.6) is 0 Å². The van der Waals surface area contributed by atoms with Crippen molar-refractivity contribution >= 4 is 43.6 Å². The molecule has 3 heterocycles. The molecule has 1 aliphatic carbocycles. The molecule has 0 saturated carbocycles. The maximum absolute atomic E-state index is 5.63. The molecule has 4 nitrogen and oxygen atoms in total. The molecule has 10 aromatic carbocycles. The first-order chi connectivity index (χ1) is 34.2. The summed E-state index contributed by atoms with van der Waals surface area (Å²) >= 11 is 0. The van der Waals surface area contributed by atoms with E-state index in [0.29, 0.717) is 5.95 Å². The number of hydrogen-bond acceptors (Lipinski definition) is 2. The van der Waals surface area contributed by atoms with Gasteiger partial charge in [-0.25, -0.2) is 9.97 Å². The summed E-state index contributed by atoms with van der Waals surface area (Å²) in [6.07, 6.45) is 0. The second kappa shape index (κ2) is 15.5. The smallest absolute Gasteiger partial charge is 0.235 e. The Bertz CT molecular complexity index is 4070. The number of aromatic nitrogens is 4. The minimum absolute atomic E-state index is 0.603. The van der Waals surface area contributed by atoms with Gasteiger partial charge in [0.15, 0.2) is 0 Å². The molecule has 0 N–H and O–H groups in total. The fourth-order valence-electron chi connectivity index (χ4n) is 11.5. The Hall–Kier alpha value is -9.12. The van der Waals surface area contributed by atoms with Crippen LogP contribution in [0.2, 0.25) is 0 Å². The van der Waals surface area contributed by atoms with Crippen molar-refractivity contribution in [2.24, 2.45) is 0 Å². The number of benzene rings is 10. The van der Waals surface area contributed by atoms with Gasteiger partial charge in [-0.2, -0.15) is 0 Å². The van der Waals surface area contributed by atoms with E-state index in [1.807, 2.05) is 0 Å². The Morgan fingerprint density at radius 3 is 1.61 bits per heavy atom. The average molecular weight is 879 g/mol. The minimum Gasteiger partial charge on any atom is -0.309 e. The molecule has 0 radical (unpaired) electrons. The number of nitrogens with zero attached hydrogens (tertiary/aromatic N) is 4. The van der Waals surface area contributed by atoms with Crippen LogP contribution in [0.4, 0.5) is 0 Å². The van der Waals surface area contributed by atoms with Crippen LogP contribution in [0.25, 0.3) is 100 Å². The Kier molecular flexibility index (Phi) is 8.77. The molecule has 0 amide bonds. The highest BCUT2D eigenvalue weighted by Gasteiger charge is 2.46. The molecule has 14 rings (SSSR count). The van der Waals surface area contributed by atoms with E-state index in [0.717, 1.165) is 72.2 Å². The maximum atomic E-state index is 5.63. The third-order valence-corrected chi connectivity index (χ3v) is 14.4. The van der Waals surface area contributed by atoms with E-state index in [1.54, 1.807) is 0 Å². The minimum atomic E-state index is -0.603. The molecule has 69 heavy (non-hydrogen) atoms. The lowest BCUT2D eigenvalue weighted by Crippen LogP contribution is -2.28. The summed E-state index contributed by atoms with van der Waals surface area (Å²) in [7, 11) is 0. The number of para-hydroxylation sites is 2. The number of rotatable bonds is 7. The van der Waals surface area contributed by atoms with Crippen LogP contribution in [0, 0.1) is 0 Å². The molecule has 1 aliphatic rings. The first kappa shape index (κ1) is 39.1. The highest BCUT2D eigenvalue weighted by atomic mass is 15.2. The van der Waals surface area contributed by atoms with Gasteiger partial charge >= 0.3 is 0 Å². The van der Waals surface area contributed by atoms with E-state index in [2.05, 4.69) is 264 Å². The summed E-state index contributed by atoms with van der Waals surface area (Å²) in [4.78, 5) is 11.2. The standard InChI is InChI=1S/C65H42N4/c1-5-20-43(21-6-1)45-24-19-25-46(40-45)58-42-57(44-22-7-2-8-23-44)66-64(67-58)69-60-39-38-53-52-32-15-18-35-59(52)68(49-28-11-4-12-29-49)63(53)62(60)54-37-36-48(41-61(54)69)65(47-26-9-3-10-27-47)55-33-16-13-30-50(55)51-31-14-17-34-56(51)65/h1-42H. The number of hydrogen-bond donors (Lipinski definition) is 0. The summed E-state index contributed by atoms with van der Waals surface area (Å²) in [5.41, 5.74) is 18.4. The highest BCUT2D eigenvalue weighted by Crippen LogP contribution is 2.56. The van der Waals surface area contributed by atoms with Gasteiger partial charge in [0.1, 0.15) is 0 Å². The largest absolute Gasteiger partial charge is 0.309 e. The third-order valence-electron chi connectivity index (χ3n) is 14.4. The van der Waals surface area contributed by atoms with Gasteiger partial charge in [0.2, 0.25) is 5.95 Å². The molecule has 0 atom stereocenters. The zero-order chi connectivity index (χ0) is 45.5. The first-order valence-corrected chi connectivity index (χ1v) is 23.7. The summed E-state index contributed by atoms with van der Waals surface area (Å²) in [5.74, 6) is 0.608. The van der Waals surface area contributed by atoms with Crippen LogP contribution in [0.3, 0.4) is 0 Å². The van der Waals surface area contributed by atoms with Crippen LogP contribution < -0.4 is 0 Å². The molecule has 4 heteroatoms. The van der Waals surface area contributed by atoms with Crippen LogP contribution >= 0.6 is 0 Å². The van der Waals surface area contributed by atoms with Crippen LogP contribution in [0.15, 0.2) is 255 Å². The normalized spacial score (nSPS) is 12.8. The zero-order valence-electron chi connectivity index (χ0n) is 37.5. The molecule has 0 fully saturated rings. The summed E-state index contributed by atoms with van der Waals surface area (Å²) in [6, 6.07) is 92.3. The molecule has 0 aliphatic heterocycles. The summed E-state index contributed by atoms with van der Waals surface area (Å²) in [6.45, 7) is 0. The molecular formula is C65H42N4. The van der Waals surface area contributed by atoms with Crippen LogP contribution in [-0.2, 0) is 5.41 Å². The molecule has 3 aromatic heterocycles. The molecule has 0 spiro atoms. The summed E-state index contributed by atoms with van der Waals surface area (Å²) < 4.78 is 4.78. The van der Waals surface area contributed by atoms with Crippen molar-refractivity contribution < 1.29 is 0 Å². The summed E-state index contributed by atoms with van der Waals surface area (Å²) in [5, 5.41) is 4.68. The maximum Gasteiger partial charge on any atom is 0.235 e.